The van der Waals surface area contributed by atoms with Crippen LogP contribution in [-0.2, 0) is 5.41 Å². The van der Waals surface area contributed by atoms with Crippen LogP contribution in [0.4, 0.5) is 5.69 Å². The zero-order valence-corrected chi connectivity index (χ0v) is 20.5. The van der Waals surface area contributed by atoms with Gasteiger partial charge in [-0.2, -0.15) is 15.0 Å². The molecule has 164 valence electrons. The number of nitrogens with zero attached hydrogens (tertiary/aromatic N) is 5. The Morgan fingerprint density at radius 1 is 1.31 bits per heavy atom. The Hall–Kier alpha value is -3.10. The molecule has 0 aliphatic heterocycles. The molecule has 0 bridgehead atoms. The third kappa shape index (κ3) is 4.87. The summed E-state index contributed by atoms with van der Waals surface area (Å²) in [6, 6.07) is 9.82. The Bertz CT molecular complexity index is 1350. The van der Waals surface area contributed by atoms with E-state index in [4.69, 9.17) is 10.00 Å². The van der Waals surface area contributed by atoms with Gasteiger partial charge < -0.3 is 4.74 Å². The van der Waals surface area contributed by atoms with E-state index in [0.717, 1.165) is 4.47 Å². The fraction of sp³-hybridized carbons (Fsp3) is 0.238. The van der Waals surface area contributed by atoms with E-state index in [1.165, 1.54) is 17.0 Å². The first kappa shape index (κ1) is 23.6. The van der Waals surface area contributed by atoms with Crippen molar-refractivity contribution in [2.75, 3.05) is 6.61 Å². The second-order valence-corrected chi connectivity index (χ2v) is 9.53. The number of hydrogen-bond acceptors (Lipinski definition) is 7. The smallest absolute Gasteiger partial charge is 0.312 e. The van der Waals surface area contributed by atoms with E-state index < -0.39 is 10.3 Å². The number of nitro benzene ring substituents is 1. The Kier molecular flexibility index (Phi) is 6.76. The molecule has 2 aromatic carbocycles. The predicted molar refractivity (Wildman–Crippen MR) is 127 cm³/mol. The number of aromatic nitrogens is 2. The third-order valence-corrected chi connectivity index (χ3v) is 5.41. The van der Waals surface area contributed by atoms with E-state index in [1.54, 1.807) is 30.3 Å². The van der Waals surface area contributed by atoms with E-state index in [0.29, 0.717) is 22.3 Å². The molecule has 9 nitrogen and oxygen atoms in total. The van der Waals surface area contributed by atoms with Crippen LogP contribution in [0.2, 0.25) is 0 Å². The number of halogens is 2. The van der Waals surface area contributed by atoms with Gasteiger partial charge in [0.25, 0.3) is 5.56 Å². The molecule has 32 heavy (non-hydrogen) atoms. The monoisotopic (exact) mass is 561 g/mol. The van der Waals surface area contributed by atoms with Crippen molar-refractivity contribution >= 4 is 54.7 Å². The zero-order chi connectivity index (χ0) is 23.6. The van der Waals surface area contributed by atoms with Gasteiger partial charge in [-0.1, -0.05) is 36.7 Å². The van der Waals surface area contributed by atoms with Gasteiger partial charge in [0, 0.05) is 21.5 Å². The summed E-state index contributed by atoms with van der Waals surface area (Å²) in [5, 5.41) is 24.9. The lowest BCUT2D eigenvalue weighted by atomic mass is 9.95. The van der Waals surface area contributed by atoms with Crippen molar-refractivity contribution in [1.29, 1.82) is 5.26 Å². The van der Waals surface area contributed by atoms with Gasteiger partial charge in [-0.15, -0.1) is 0 Å². The number of fused-ring (bicyclic) bond motifs is 1. The highest BCUT2D eigenvalue weighted by Gasteiger charge is 2.23. The van der Waals surface area contributed by atoms with Gasteiger partial charge in [-0.3, -0.25) is 14.9 Å². The number of nitro groups is 1. The number of rotatable bonds is 5. The van der Waals surface area contributed by atoms with Crippen molar-refractivity contribution in [2.24, 2.45) is 5.10 Å². The molecule has 3 aromatic rings. The van der Waals surface area contributed by atoms with Crippen LogP contribution in [0, 0.1) is 21.4 Å². The van der Waals surface area contributed by atoms with E-state index in [9.17, 15) is 14.9 Å². The number of hydrogen-bond donors (Lipinski definition) is 0. The van der Waals surface area contributed by atoms with Crippen LogP contribution in [0.25, 0.3) is 10.9 Å². The summed E-state index contributed by atoms with van der Waals surface area (Å²) in [6.45, 7) is 5.40. The zero-order valence-electron chi connectivity index (χ0n) is 17.3. The molecule has 0 saturated carbocycles. The van der Waals surface area contributed by atoms with Crippen LogP contribution in [-0.4, -0.2) is 27.4 Å². The standard InChI is InChI=1S/C21H17Br2N5O4/c1-21(2,3)20-26-16-5-4-13(22)10-14(16)19(29)27(20)25-11-12-8-15(23)18(32-7-6-24)17(9-12)28(30)31/h4-5,8-11H,7H2,1-3H3. The van der Waals surface area contributed by atoms with Crippen LogP contribution in [0.3, 0.4) is 0 Å². The molecular formula is C21H17Br2N5O4. The van der Waals surface area contributed by atoms with Crippen molar-refractivity contribution in [1.82, 2.24) is 9.66 Å². The lowest BCUT2D eigenvalue weighted by Crippen LogP contribution is -2.29. The van der Waals surface area contributed by atoms with Crippen molar-refractivity contribution < 1.29 is 9.66 Å². The summed E-state index contributed by atoms with van der Waals surface area (Å²) >= 11 is 6.60. The minimum atomic E-state index is -0.614. The summed E-state index contributed by atoms with van der Waals surface area (Å²) < 4.78 is 7.39. The lowest BCUT2D eigenvalue weighted by molar-refractivity contribution is -0.385. The third-order valence-electron chi connectivity index (χ3n) is 4.33. The minimum Gasteiger partial charge on any atom is -0.471 e. The molecule has 0 spiro atoms. The number of ether oxygens (including phenoxy) is 1. The maximum absolute atomic E-state index is 13.2. The SMILES string of the molecule is CC(C)(C)c1nc2ccc(Br)cc2c(=O)n1N=Cc1cc(Br)c(OCC#N)c([N+](=O)[O-])c1. The van der Waals surface area contributed by atoms with Gasteiger partial charge in [0.05, 0.1) is 26.5 Å². The van der Waals surface area contributed by atoms with Crippen molar-refractivity contribution in [3.05, 3.63) is 71.1 Å². The molecular weight excluding hydrogens is 546 g/mol. The van der Waals surface area contributed by atoms with E-state index in [2.05, 4.69) is 41.9 Å². The first-order valence-electron chi connectivity index (χ1n) is 9.27. The number of benzene rings is 2. The molecule has 0 atom stereocenters. The van der Waals surface area contributed by atoms with Gasteiger partial charge in [0.1, 0.15) is 11.9 Å². The Labute approximate surface area is 199 Å². The fourth-order valence-electron chi connectivity index (χ4n) is 2.92. The second kappa shape index (κ2) is 9.18. The molecule has 0 amide bonds. The molecule has 3 rings (SSSR count). The lowest BCUT2D eigenvalue weighted by Gasteiger charge is -2.20. The first-order chi connectivity index (χ1) is 15.0. The van der Waals surface area contributed by atoms with Crippen LogP contribution >= 0.6 is 31.9 Å². The van der Waals surface area contributed by atoms with Crippen LogP contribution < -0.4 is 10.3 Å². The highest BCUT2D eigenvalue weighted by Crippen LogP contribution is 2.36. The molecule has 11 heteroatoms. The highest BCUT2D eigenvalue weighted by molar-refractivity contribution is 9.10. The van der Waals surface area contributed by atoms with Gasteiger partial charge in [0.2, 0.25) is 5.75 Å². The van der Waals surface area contributed by atoms with Crippen molar-refractivity contribution in [2.45, 2.75) is 26.2 Å². The summed E-state index contributed by atoms with van der Waals surface area (Å²) in [7, 11) is 0. The summed E-state index contributed by atoms with van der Waals surface area (Å²) in [4.78, 5) is 28.7. The minimum absolute atomic E-state index is 0.0570. The van der Waals surface area contributed by atoms with Crippen molar-refractivity contribution in [3.63, 3.8) is 0 Å². The second-order valence-electron chi connectivity index (χ2n) is 7.76. The Balaban J connectivity index is 2.18. The Morgan fingerprint density at radius 3 is 2.66 bits per heavy atom. The molecule has 0 radical (unpaired) electrons. The normalized spacial score (nSPS) is 11.6. The molecule has 0 saturated heterocycles. The molecule has 0 aliphatic carbocycles. The van der Waals surface area contributed by atoms with Crippen LogP contribution in [0.1, 0.15) is 32.2 Å². The largest absolute Gasteiger partial charge is 0.471 e. The van der Waals surface area contributed by atoms with E-state index in [1.807, 2.05) is 20.8 Å². The molecule has 0 fully saturated rings. The summed E-state index contributed by atoms with van der Waals surface area (Å²) in [5.74, 6) is 0.384. The quantitative estimate of drug-likeness (QED) is 0.247. The van der Waals surface area contributed by atoms with Gasteiger partial charge >= 0.3 is 5.69 Å². The average Bonchev–Trinajstić information content (AvgIpc) is 2.71. The van der Waals surface area contributed by atoms with Gasteiger partial charge in [-0.05, 0) is 40.2 Å². The first-order valence-corrected chi connectivity index (χ1v) is 10.9. The fourth-order valence-corrected chi connectivity index (χ4v) is 3.87. The molecule has 1 heterocycles. The highest BCUT2D eigenvalue weighted by atomic mass is 79.9. The number of nitriles is 1. The topological polar surface area (TPSA) is 123 Å². The molecule has 1 aromatic heterocycles. The predicted octanol–water partition coefficient (Wildman–Crippen LogP) is 4.91. The maximum atomic E-state index is 13.2. The van der Waals surface area contributed by atoms with E-state index in [-0.39, 0.29) is 28.1 Å². The summed E-state index contributed by atoms with van der Waals surface area (Å²) in [5.41, 5.74) is -0.291. The molecule has 0 N–H and O–H groups in total. The summed E-state index contributed by atoms with van der Waals surface area (Å²) in [6.07, 6.45) is 1.34. The molecule has 0 aliphatic rings. The van der Waals surface area contributed by atoms with E-state index >= 15 is 0 Å². The van der Waals surface area contributed by atoms with Crippen LogP contribution in [0.5, 0.6) is 5.75 Å². The average molecular weight is 563 g/mol. The Morgan fingerprint density at radius 2 is 2.03 bits per heavy atom. The van der Waals surface area contributed by atoms with Crippen LogP contribution in [0.15, 0.2) is 49.2 Å². The molecule has 0 unspecified atom stereocenters. The van der Waals surface area contributed by atoms with Crippen molar-refractivity contribution in [3.8, 4) is 11.8 Å². The van der Waals surface area contributed by atoms with Gasteiger partial charge in [0.15, 0.2) is 6.61 Å². The maximum Gasteiger partial charge on any atom is 0.312 e. The van der Waals surface area contributed by atoms with Gasteiger partial charge in [-0.25, -0.2) is 4.98 Å².